The van der Waals surface area contributed by atoms with Gasteiger partial charge in [-0.15, -0.1) is 11.3 Å². The molecule has 0 spiro atoms. The Hall–Kier alpha value is -5.21. The second kappa shape index (κ2) is 11.7. The lowest BCUT2D eigenvalue weighted by Gasteiger charge is -2.15. The number of carbonyl (C=O) groups is 2. The molecule has 0 saturated heterocycles. The molecular formula is C37H32N4O3S. The van der Waals surface area contributed by atoms with E-state index in [4.69, 9.17) is 9.72 Å². The van der Waals surface area contributed by atoms with E-state index < -0.39 is 6.09 Å². The van der Waals surface area contributed by atoms with Crippen molar-refractivity contribution in [2.24, 2.45) is 0 Å². The predicted molar refractivity (Wildman–Crippen MR) is 181 cm³/mol. The van der Waals surface area contributed by atoms with E-state index in [0.717, 1.165) is 32.6 Å². The first-order valence-electron chi connectivity index (χ1n) is 14.9. The quantitative estimate of drug-likeness (QED) is 0.189. The van der Waals surface area contributed by atoms with Gasteiger partial charge in [-0.3, -0.25) is 10.1 Å². The summed E-state index contributed by atoms with van der Waals surface area (Å²) in [7, 11) is 0. The maximum absolute atomic E-state index is 13.1. The summed E-state index contributed by atoms with van der Waals surface area (Å²) in [6.45, 7) is 6.50. The Morgan fingerprint density at radius 1 is 0.844 bits per heavy atom. The molecule has 1 aliphatic carbocycles. The number of nitrogens with zero attached hydrogens (tertiary/aromatic N) is 2. The summed E-state index contributed by atoms with van der Waals surface area (Å²) >= 11 is 1.47. The molecule has 2 heterocycles. The molecule has 2 amide bonds. The van der Waals surface area contributed by atoms with Gasteiger partial charge in [-0.2, -0.15) is 0 Å². The molecule has 0 bridgehead atoms. The molecule has 0 aliphatic heterocycles. The second-order valence-corrected chi connectivity index (χ2v) is 12.6. The van der Waals surface area contributed by atoms with E-state index in [1.54, 1.807) is 0 Å². The van der Waals surface area contributed by atoms with Crippen molar-refractivity contribution < 1.29 is 14.3 Å². The van der Waals surface area contributed by atoms with Crippen LogP contribution in [0.5, 0.6) is 0 Å². The number of fused-ring (bicyclic) bond motifs is 4. The monoisotopic (exact) mass is 612 g/mol. The summed E-state index contributed by atoms with van der Waals surface area (Å²) in [4.78, 5) is 31.9. The molecule has 0 unspecified atom stereocenters. The number of rotatable bonds is 7. The first kappa shape index (κ1) is 28.6. The van der Waals surface area contributed by atoms with E-state index in [-0.39, 0.29) is 25.0 Å². The average Bonchev–Trinajstić information content (AvgIpc) is 3.71. The van der Waals surface area contributed by atoms with Crippen molar-refractivity contribution in [1.29, 1.82) is 0 Å². The highest BCUT2D eigenvalue weighted by molar-refractivity contribution is 7.16. The van der Waals surface area contributed by atoms with Gasteiger partial charge in [0.2, 0.25) is 5.91 Å². The number of aryl methyl sites for hydroxylation is 3. The van der Waals surface area contributed by atoms with Crippen LogP contribution in [0.2, 0.25) is 0 Å². The number of anilines is 2. The van der Waals surface area contributed by atoms with E-state index >= 15 is 0 Å². The van der Waals surface area contributed by atoms with Crippen molar-refractivity contribution >= 4 is 45.1 Å². The van der Waals surface area contributed by atoms with Gasteiger partial charge >= 0.3 is 6.09 Å². The van der Waals surface area contributed by atoms with Crippen molar-refractivity contribution in [2.45, 2.75) is 33.2 Å². The number of carbonyl (C=O) groups excluding carboxylic acids is 2. The third kappa shape index (κ3) is 5.49. The molecule has 0 atom stereocenters. The highest BCUT2D eigenvalue weighted by Gasteiger charge is 2.29. The fourth-order valence-corrected chi connectivity index (χ4v) is 7.06. The number of hydrogen-bond donors (Lipinski definition) is 2. The van der Waals surface area contributed by atoms with Gasteiger partial charge in [0.05, 0.1) is 16.9 Å². The van der Waals surface area contributed by atoms with E-state index in [1.807, 2.05) is 66.2 Å². The molecule has 8 heteroatoms. The summed E-state index contributed by atoms with van der Waals surface area (Å²) in [5, 5.41) is 7.28. The Bertz CT molecular complexity index is 2050. The number of thiazole rings is 1. The molecule has 1 aliphatic rings. The molecule has 0 saturated carbocycles. The fourth-order valence-electron chi connectivity index (χ4n) is 6.22. The Kier molecular flexibility index (Phi) is 7.43. The summed E-state index contributed by atoms with van der Waals surface area (Å²) in [5.41, 5.74) is 10.4. The molecular weight excluding hydrogens is 580 g/mol. The number of benzene rings is 4. The minimum absolute atomic E-state index is 0.0166. The topological polar surface area (TPSA) is 85.3 Å². The lowest BCUT2D eigenvalue weighted by atomic mass is 9.98. The van der Waals surface area contributed by atoms with E-state index in [2.05, 4.69) is 66.9 Å². The van der Waals surface area contributed by atoms with Crippen LogP contribution in [0.1, 0.15) is 33.0 Å². The van der Waals surface area contributed by atoms with Gasteiger partial charge in [-0.1, -0.05) is 72.3 Å². The number of hydrogen-bond acceptors (Lipinski definition) is 5. The van der Waals surface area contributed by atoms with Crippen LogP contribution in [0.4, 0.5) is 15.6 Å². The Balaban J connectivity index is 1.02. The van der Waals surface area contributed by atoms with Crippen LogP contribution in [-0.2, 0) is 16.1 Å². The lowest BCUT2D eigenvalue weighted by molar-refractivity contribution is -0.116. The largest absolute Gasteiger partial charge is 0.448 e. The van der Waals surface area contributed by atoms with E-state index in [9.17, 15) is 9.59 Å². The minimum Gasteiger partial charge on any atom is -0.448 e. The molecule has 4 aromatic carbocycles. The third-order valence-electron chi connectivity index (χ3n) is 8.40. The smallest absolute Gasteiger partial charge is 0.411 e. The zero-order chi connectivity index (χ0) is 31.1. The molecule has 224 valence electrons. The van der Waals surface area contributed by atoms with Crippen molar-refractivity contribution in [3.8, 4) is 22.4 Å². The standard InChI is InChI=1S/C37H32N4O3S/c1-22-15-16-23(2)30(19-22)35-24(3)45-36(40-35)39-34(42)20-41-18-17-29-32(13-8-14-33(29)41)38-37(43)44-21-31-27-11-6-4-9-25(27)26-10-5-7-12-28(26)31/h4-19,31H,20-21H2,1-3H3,(H,38,43)(H,39,40,42). The molecule has 6 aromatic rings. The van der Waals surface area contributed by atoms with Crippen molar-refractivity contribution in [3.63, 3.8) is 0 Å². The highest BCUT2D eigenvalue weighted by Crippen LogP contribution is 2.44. The Morgan fingerprint density at radius 3 is 2.33 bits per heavy atom. The minimum atomic E-state index is -0.520. The van der Waals surface area contributed by atoms with Crippen molar-refractivity contribution in [3.05, 3.63) is 124 Å². The maximum Gasteiger partial charge on any atom is 0.411 e. The van der Waals surface area contributed by atoms with Gasteiger partial charge in [0.1, 0.15) is 13.2 Å². The van der Waals surface area contributed by atoms with Crippen LogP contribution in [0, 0.1) is 20.8 Å². The molecule has 7 nitrogen and oxygen atoms in total. The normalized spacial score (nSPS) is 12.2. The van der Waals surface area contributed by atoms with Crippen LogP contribution in [-0.4, -0.2) is 28.2 Å². The van der Waals surface area contributed by atoms with Crippen LogP contribution in [0.15, 0.2) is 97.2 Å². The summed E-state index contributed by atoms with van der Waals surface area (Å²) in [6.07, 6.45) is 1.33. The maximum atomic E-state index is 13.1. The summed E-state index contributed by atoms with van der Waals surface area (Å²) in [6, 6.07) is 30.3. The number of aromatic nitrogens is 2. The average molecular weight is 613 g/mol. The number of ether oxygens (including phenoxy) is 1. The first-order chi connectivity index (χ1) is 21.9. The molecule has 0 fully saturated rings. The van der Waals surface area contributed by atoms with Gasteiger partial charge in [-0.25, -0.2) is 9.78 Å². The van der Waals surface area contributed by atoms with Crippen LogP contribution >= 0.6 is 11.3 Å². The van der Waals surface area contributed by atoms with Crippen LogP contribution in [0.3, 0.4) is 0 Å². The Morgan fingerprint density at radius 2 is 1.58 bits per heavy atom. The van der Waals surface area contributed by atoms with E-state index in [1.165, 1.54) is 39.2 Å². The zero-order valence-corrected chi connectivity index (χ0v) is 26.1. The first-order valence-corrected chi connectivity index (χ1v) is 15.7. The zero-order valence-electron chi connectivity index (χ0n) is 25.3. The second-order valence-electron chi connectivity index (χ2n) is 11.4. The van der Waals surface area contributed by atoms with Gasteiger partial charge in [0.25, 0.3) is 0 Å². The van der Waals surface area contributed by atoms with Crippen LogP contribution in [0.25, 0.3) is 33.3 Å². The lowest BCUT2D eigenvalue weighted by Crippen LogP contribution is -2.18. The SMILES string of the molecule is Cc1ccc(C)c(-c2nc(NC(=O)Cn3ccc4c(NC(=O)OCC5c6ccccc6-c6ccccc65)cccc43)sc2C)c1. The third-order valence-corrected chi connectivity index (χ3v) is 9.29. The van der Waals surface area contributed by atoms with Gasteiger partial charge < -0.3 is 14.6 Å². The fraction of sp³-hybridized carbons (Fsp3) is 0.162. The Labute approximate surface area is 265 Å². The molecule has 2 N–H and O–H groups in total. The highest BCUT2D eigenvalue weighted by atomic mass is 32.1. The van der Waals surface area contributed by atoms with E-state index in [0.29, 0.717) is 10.8 Å². The van der Waals surface area contributed by atoms with Crippen molar-refractivity contribution in [2.75, 3.05) is 17.2 Å². The molecule has 45 heavy (non-hydrogen) atoms. The number of amides is 2. The van der Waals surface area contributed by atoms with Crippen molar-refractivity contribution in [1.82, 2.24) is 9.55 Å². The molecule has 2 aromatic heterocycles. The summed E-state index contributed by atoms with van der Waals surface area (Å²) < 4.78 is 7.62. The summed E-state index contributed by atoms with van der Waals surface area (Å²) in [5.74, 6) is -0.194. The predicted octanol–water partition coefficient (Wildman–Crippen LogP) is 8.69. The van der Waals surface area contributed by atoms with Gasteiger partial charge in [0.15, 0.2) is 5.13 Å². The molecule has 0 radical (unpaired) electrons. The van der Waals surface area contributed by atoms with Gasteiger partial charge in [-0.05, 0) is 72.9 Å². The van der Waals surface area contributed by atoms with Crippen LogP contribution < -0.4 is 10.6 Å². The molecule has 7 rings (SSSR count). The van der Waals surface area contributed by atoms with Gasteiger partial charge in [0, 0.05) is 27.9 Å². The number of nitrogens with one attached hydrogen (secondary N) is 2.